The van der Waals surface area contributed by atoms with Gasteiger partial charge >= 0.3 is 0 Å². The largest absolute Gasteiger partial charge is 0.261 e. The quantitative estimate of drug-likeness (QED) is 0.492. The second-order valence-electron chi connectivity index (χ2n) is 3.43. The minimum Gasteiger partial charge on any atom is -0.261 e. The maximum absolute atomic E-state index is 4.36. The van der Waals surface area contributed by atoms with E-state index in [2.05, 4.69) is 35.4 Å². The van der Waals surface area contributed by atoms with Crippen molar-refractivity contribution < 1.29 is 0 Å². The summed E-state index contributed by atoms with van der Waals surface area (Å²) in [6.45, 7) is 0. The second kappa shape index (κ2) is 1.55. The Bertz CT molecular complexity index is 320. The molecule has 1 nitrogen and oxygen atoms in total. The van der Waals surface area contributed by atoms with E-state index in [9.17, 15) is 0 Å². The van der Waals surface area contributed by atoms with Crippen LogP contribution in [0.2, 0.25) is 0 Å². The van der Waals surface area contributed by atoms with Gasteiger partial charge in [-0.2, -0.15) is 0 Å². The Morgan fingerprint density at radius 3 is 3.36 bits per heavy atom. The van der Waals surface area contributed by atoms with E-state index in [1.54, 1.807) is 0 Å². The molecule has 0 aromatic carbocycles. The summed E-state index contributed by atoms with van der Waals surface area (Å²) < 4.78 is 0. The number of rotatable bonds is 0. The Hall–Kier alpha value is -1.11. The zero-order valence-electron chi connectivity index (χ0n) is 6.20. The Balaban J connectivity index is 2.18. The summed E-state index contributed by atoms with van der Waals surface area (Å²) in [5.74, 6) is 0.746. The predicted molar refractivity (Wildman–Crippen MR) is 45.4 cm³/mol. The molecule has 1 saturated carbocycles. The number of hydrogen-bond donors (Lipinski definition) is 0. The smallest absolute Gasteiger partial charge is 0.0509 e. The third-order valence-electron chi connectivity index (χ3n) is 2.83. The lowest BCUT2D eigenvalue weighted by molar-refractivity contribution is 0.828. The Morgan fingerprint density at radius 2 is 2.45 bits per heavy atom. The molecule has 2 unspecified atom stereocenters. The van der Waals surface area contributed by atoms with Crippen molar-refractivity contribution in [3.8, 4) is 0 Å². The van der Waals surface area contributed by atoms with Crippen LogP contribution in [0.1, 0.15) is 6.42 Å². The first-order chi connectivity index (χ1) is 5.42. The molecule has 1 heterocycles. The van der Waals surface area contributed by atoms with Crippen molar-refractivity contribution in [3.05, 3.63) is 36.6 Å². The predicted octanol–water partition coefficient (Wildman–Crippen LogP) is 2.09. The lowest BCUT2D eigenvalue weighted by Gasteiger charge is -2.16. The average Bonchev–Trinajstić information content (AvgIpc) is 2.75. The van der Waals surface area contributed by atoms with Crippen molar-refractivity contribution in [2.45, 2.75) is 6.42 Å². The maximum atomic E-state index is 4.36. The molecule has 1 spiro atoms. The van der Waals surface area contributed by atoms with Crippen molar-refractivity contribution in [3.63, 3.8) is 0 Å². The van der Waals surface area contributed by atoms with Gasteiger partial charge in [-0.3, -0.25) is 4.99 Å². The van der Waals surface area contributed by atoms with Crippen LogP contribution in [0, 0.1) is 11.3 Å². The molecule has 0 bridgehead atoms. The lowest BCUT2D eigenvalue weighted by Crippen LogP contribution is -2.16. The van der Waals surface area contributed by atoms with Gasteiger partial charge in [0.25, 0.3) is 0 Å². The van der Waals surface area contributed by atoms with Crippen molar-refractivity contribution in [2.24, 2.45) is 16.3 Å². The van der Waals surface area contributed by atoms with Crippen LogP contribution in [-0.2, 0) is 0 Å². The van der Waals surface area contributed by atoms with Crippen LogP contribution in [0.15, 0.2) is 41.6 Å². The first kappa shape index (κ1) is 5.53. The second-order valence-corrected chi connectivity index (χ2v) is 3.43. The fourth-order valence-corrected chi connectivity index (χ4v) is 2.04. The van der Waals surface area contributed by atoms with Crippen molar-refractivity contribution in [1.29, 1.82) is 0 Å². The summed E-state index contributed by atoms with van der Waals surface area (Å²) in [5, 5.41) is 0. The van der Waals surface area contributed by atoms with Gasteiger partial charge in [-0.1, -0.05) is 24.3 Å². The van der Waals surface area contributed by atoms with E-state index in [-0.39, 0.29) is 0 Å². The highest BCUT2D eigenvalue weighted by Crippen LogP contribution is 2.58. The molecule has 1 heteroatoms. The SMILES string of the molecule is C1=CC2=NC=CC3CC23C=C1. The van der Waals surface area contributed by atoms with E-state index in [0.717, 1.165) is 5.92 Å². The summed E-state index contributed by atoms with van der Waals surface area (Å²) >= 11 is 0. The molecule has 3 aliphatic rings. The van der Waals surface area contributed by atoms with Crippen LogP contribution in [0.3, 0.4) is 0 Å². The van der Waals surface area contributed by atoms with Crippen LogP contribution >= 0.6 is 0 Å². The molecule has 1 aliphatic heterocycles. The Labute approximate surface area is 65.8 Å². The van der Waals surface area contributed by atoms with Crippen molar-refractivity contribution in [2.75, 3.05) is 0 Å². The van der Waals surface area contributed by atoms with Gasteiger partial charge in [0.05, 0.1) is 5.71 Å². The highest BCUT2D eigenvalue weighted by atomic mass is 14.8. The average molecular weight is 143 g/mol. The topological polar surface area (TPSA) is 12.4 Å². The number of nitrogens with zero attached hydrogens (tertiary/aromatic N) is 1. The van der Waals surface area contributed by atoms with Gasteiger partial charge in [-0.05, 0) is 18.4 Å². The van der Waals surface area contributed by atoms with Crippen molar-refractivity contribution in [1.82, 2.24) is 0 Å². The van der Waals surface area contributed by atoms with Crippen LogP contribution < -0.4 is 0 Å². The standard InChI is InChI=1S/C10H9N/c1-2-5-10-7-8(10)4-6-11-9(10)3-1/h1-6,8H,7H2. The summed E-state index contributed by atoms with van der Waals surface area (Å²) in [5.41, 5.74) is 1.59. The summed E-state index contributed by atoms with van der Waals surface area (Å²) in [6, 6.07) is 0. The zero-order valence-corrected chi connectivity index (χ0v) is 6.20. The van der Waals surface area contributed by atoms with Gasteiger partial charge in [0.2, 0.25) is 0 Å². The summed E-state index contributed by atoms with van der Waals surface area (Å²) in [4.78, 5) is 4.36. The molecule has 0 amide bonds. The minimum atomic E-state index is 0.337. The van der Waals surface area contributed by atoms with E-state index in [0.29, 0.717) is 5.41 Å². The first-order valence-corrected chi connectivity index (χ1v) is 4.03. The molecule has 0 aromatic rings. The Morgan fingerprint density at radius 1 is 1.45 bits per heavy atom. The van der Waals surface area contributed by atoms with E-state index >= 15 is 0 Å². The fraction of sp³-hybridized carbons (Fsp3) is 0.300. The van der Waals surface area contributed by atoms with E-state index in [1.165, 1.54) is 12.1 Å². The molecule has 2 atom stereocenters. The van der Waals surface area contributed by atoms with Crippen LogP contribution in [-0.4, -0.2) is 5.71 Å². The first-order valence-electron chi connectivity index (χ1n) is 4.03. The highest BCUT2D eigenvalue weighted by Gasteiger charge is 2.55. The van der Waals surface area contributed by atoms with Crippen LogP contribution in [0.5, 0.6) is 0 Å². The number of hydrogen-bond acceptors (Lipinski definition) is 1. The third-order valence-corrected chi connectivity index (χ3v) is 2.83. The van der Waals surface area contributed by atoms with Gasteiger partial charge in [0.15, 0.2) is 0 Å². The van der Waals surface area contributed by atoms with Crippen LogP contribution in [0.4, 0.5) is 0 Å². The molecule has 1 fully saturated rings. The van der Waals surface area contributed by atoms with E-state index < -0.39 is 0 Å². The fourth-order valence-electron chi connectivity index (χ4n) is 2.04. The molecule has 0 radical (unpaired) electrons. The molecule has 2 aliphatic carbocycles. The van der Waals surface area contributed by atoms with Crippen molar-refractivity contribution >= 4 is 5.71 Å². The van der Waals surface area contributed by atoms with Gasteiger partial charge in [-0.25, -0.2) is 0 Å². The van der Waals surface area contributed by atoms with Gasteiger partial charge in [0.1, 0.15) is 0 Å². The van der Waals surface area contributed by atoms with Gasteiger partial charge in [0, 0.05) is 11.6 Å². The maximum Gasteiger partial charge on any atom is 0.0509 e. The summed E-state index contributed by atoms with van der Waals surface area (Å²) in [6.07, 6.45) is 14.0. The molecule has 54 valence electrons. The third kappa shape index (κ3) is 0.543. The molecular formula is C10H9N. The van der Waals surface area contributed by atoms with Gasteiger partial charge < -0.3 is 0 Å². The summed E-state index contributed by atoms with van der Waals surface area (Å²) in [7, 11) is 0. The van der Waals surface area contributed by atoms with E-state index in [4.69, 9.17) is 0 Å². The normalized spacial score (nSPS) is 42.9. The van der Waals surface area contributed by atoms with E-state index in [1.807, 2.05) is 6.20 Å². The lowest BCUT2D eigenvalue weighted by atomic mass is 9.91. The molecule has 0 N–H and O–H groups in total. The van der Waals surface area contributed by atoms with Crippen LogP contribution in [0.25, 0.3) is 0 Å². The molecule has 3 rings (SSSR count). The molecule has 0 saturated heterocycles. The molecule has 11 heavy (non-hydrogen) atoms. The molecular weight excluding hydrogens is 134 g/mol. The monoisotopic (exact) mass is 143 g/mol. The molecule has 0 aromatic heterocycles. The number of aliphatic imine (C=N–C) groups is 1. The minimum absolute atomic E-state index is 0.337. The Kier molecular flexibility index (Phi) is 0.780. The zero-order chi connectivity index (χ0) is 7.31. The van der Waals surface area contributed by atoms with Gasteiger partial charge in [-0.15, -0.1) is 0 Å². The highest BCUT2D eigenvalue weighted by molar-refractivity contribution is 6.05. The number of allylic oxidation sites excluding steroid dienone is 5.